The minimum atomic E-state index is -0.322. The fourth-order valence-electron chi connectivity index (χ4n) is 2.93. The van der Waals surface area contributed by atoms with Crippen molar-refractivity contribution in [3.63, 3.8) is 0 Å². The van der Waals surface area contributed by atoms with Crippen molar-refractivity contribution < 1.29 is 13.9 Å². The number of carbonyl (C=O) groups excluding carboxylic acids is 1. The van der Waals surface area contributed by atoms with Crippen LogP contribution in [0.1, 0.15) is 29.1 Å². The molecule has 4 aromatic rings. The first-order chi connectivity index (χ1) is 13.5. The summed E-state index contributed by atoms with van der Waals surface area (Å²) in [4.78, 5) is 25.9. The standard InChI is InChI=1S/C18H18N6O3S/c1-10-13(11(2)24-18(20-10)22-17(19)23-24)5-6-15(25)26-8-12-9-27-16(21-12)14-4-3-7-28-14/h3-4,7,9H,5-6,8H2,1-2H3,(H2,19,23). The molecule has 0 saturated carbocycles. The van der Waals surface area contributed by atoms with E-state index in [1.54, 1.807) is 4.52 Å². The van der Waals surface area contributed by atoms with Crippen LogP contribution in [0, 0.1) is 13.8 Å². The summed E-state index contributed by atoms with van der Waals surface area (Å²) >= 11 is 1.54. The molecule has 0 aromatic carbocycles. The number of nitrogens with two attached hydrogens (primary N) is 1. The van der Waals surface area contributed by atoms with Crippen LogP contribution in [0.5, 0.6) is 0 Å². The number of thiophene rings is 1. The smallest absolute Gasteiger partial charge is 0.306 e. The molecule has 0 unspecified atom stereocenters. The molecule has 0 bridgehead atoms. The van der Waals surface area contributed by atoms with Gasteiger partial charge in [0.05, 0.1) is 4.88 Å². The Bertz CT molecular complexity index is 1130. The molecule has 0 spiro atoms. The summed E-state index contributed by atoms with van der Waals surface area (Å²) in [5.74, 6) is 0.823. The Morgan fingerprint density at radius 3 is 2.96 bits per heavy atom. The van der Waals surface area contributed by atoms with Gasteiger partial charge in [0.15, 0.2) is 0 Å². The van der Waals surface area contributed by atoms with Gasteiger partial charge in [-0.3, -0.25) is 4.79 Å². The van der Waals surface area contributed by atoms with Crippen LogP contribution in [0.4, 0.5) is 5.95 Å². The van der Waals surface area contributed by atoms with E-state index < -0.39 is 0 Å². The highest BCUT2D eigenvalue weighted by Crippen LogP contribution is 2.24. The molecule has 0 aliphatic rings. The van der Waals surface area contributed by atoms with Crippen molar-refractivity contribution in [2.45, 2.75) is 33.3 Å². The number of carbonyl (C=O) groups is 1. The second-order valence-corrected chi connectivity index (χ2v) is 7.17. The average molecular weight is 398 g/mol. The summed E-state index contributed by atoms with van der Waals surface area (Å²) in [7, 11) is 0. The van der Waals surface area contributed by atoms with Crippen LogP contribution in [-0.4, -0.2) is 30.5 Å². The number of nitrogen functional groups attached to an aromatic ring is 1. The molecule has 0 aliphatic carbocycles. The summed E-state index contributed by atoms with van der Waals surface area (Å²) < 4.78 is 12.3. The first-order valence-corrected chi connectivity index (χ1v) is 9.51. The number of esters is 1. The van der Waals surface area contributed by atoms with Crippen LogP contribution < -0.4 is 5.73 Å². The maximum absolute atomic E-state index is 12.2. The van der Waals surface area contributed by atoms with Gasteiger partial charge in [0.1, 0.15) is 18.6 Å². The van der Waals surface area contributed by atoms with Crippen LogP contribution in [0.25, 0.3) is 16.5 Å². The molecule has 2 N–H and O–H groups in total. The van der Waals surface area contributed by atoms with Gasteiger partial charge in [0.25, 0.3) is 5.78 Å². The minimum Gasteiger partial charge on any atom is -0.459 e. The maximum atomic E-state index is 12.2. The van der Waals surface area contributed by atoms with Gasteiger partial charge < -0.3 is 14.9 Å². The van der Waals surface area contributed by atoms with Gasteiger partial charge in [-0.25, -0.2) is 9.97 Å². The number of anilines is 1. The van der Waals surface area contributed by atoms with Crippen molar-refractivity contribution in [1.82, 2.24) is 24.6 Å². The Balaban J connectivity index is 1.37. The van der Waals surface area contributed by atoms with Gasteiger partial charge in [-0.1, -0.05) is 6.07 Å². The zero-order valence-corrected chi connectivity index (χ0v) is 16.2. The second-order valence-electron chi connectivity index (χ2n) is 6.22. The van der Waals surface area contributed by atoms with Crippen molar-refractivity contribution in [1.29, 1.82) is 0 Å². The van der Waals surface area contributed by atoms with Gasteiger partial charge in [-0.05, 0) is 37.3 Å². The molecule has 0 amide bonds. The van der Waals surface area contributed by atoms with Crippen LogP contribution in [0.3, 0.4) is 0 Å². The molecule has 144 valence electrons. The number of oxazole rings is 1. The van der Waals surface area contributed by atoms with Gasteiger partial charge in [-0.2, -0.15) is 9.50 Å². The quantitative estimate of drug-likeness (QED) is 0.492. The number of hydrogen-bond acceptors (Lipinski definition) is 9. The van der Waals surface area contributed by atoms with Crippen molar-refractivity contribution in [2.24, 2.45) is 0 Å². The summed E-state index contributed by atoms with van der Waals surface area (Å²) in [6.07, 6.45) is 2.21. The van der Waals surface area contributed by atoms with E-state index in [0.29, 0.717) is 23.8 Å². The van der Waals surface area contributed by atoms with Crippen molar-refractivity contribution in [3.05, 3.63) is 46.4 Å². The molecule has 0 atom stereocenters. The average Bonchev–Trinajstić information content (AvgIpc) is 3.39. The zero-order valence-electron chi connectivity index (χ0n) is 15.4. The third kappa shape index (κ3) is 3.58. The number of hydrogen-bond donors (Lipinski definition) is 1. The Labute approximate surface area is 164 Å². The van der Waals surface area contributed by atoms with Crippen LogP contribution >= 0.6 is 11.3 Å². The van der Waals surface area contributed by atoms with Gasteiger partial charge in [0.2, 0.25) is 11.8 Å². The lowest BCUT2D eigenvalue weighted by molar-refractivity contribution is -0.145. The Hall–Kier alpha value is -3.27. The first kappa shape index (κ1) is 18.1. The number of rotatable bonds is 6. The molecule has 0 saturated heterocycles. The number of aryl methyl sites for hydroxylation is 2. The molecule has 4 aromatic heterocycles. The van der Waals surface area contributed by atoms with Gasteiger partial charge in [-0.15, -0.1) is 16.4 Å². The van der Waals surface area contributed by atoms with E-state index in [9.17, 15) is 4.79 Å². The molecule has 0 aliphatic heterocycles. The lowest BCUT2D eigenvalue weighted by Gasteiger charge is -2.10. The molecule has 0 fully saturated rings. The van der Waals surface area contributed by atoms with E-state index in [0.717, 1.165) is 21.8 Å². The van der Waals surface area contributed by atoms with Crippen molar-refractivity contribution in [3.8, 4) is 10.8 Å². The SMILES string of the molecule is Cc1nc2nc(N)nn2c(C)c1CCC(=O)OCc1coc(-c2cccs2)n1. The van der Waals surface area contributed by atoms with E-state index in [4.69, 9.17) is 14.9 Å². The van der Waals surface area contributed by atoms with E-state index in [1.807, 2.05) is 31.4 Å². The lowest BCUT2D eigenvalue weighted by Crippen LogP contribution is -2.10. The van der Waals surface area contributed by atoms with E-state index >= 15 is 0 Å². The summed E-state index contributed by atoms with van der Waals surface area (Å²) in [5, 5.41) is 6.08. The Morgan fingerprint density at radius 1 is 1.32 bits per heavy atom. The van der Waals surface area contributed by atoms with E-state index in [-0.39, 0.29) is 24.9 Å². The van der Waals surface area contributed by atoms with Crippen LogP contribution in [-0.2, 0) is 22.6 Å². The fourth-order valence-corrected chi connectivity index (χ4v) is 3.58. The third-order valence-corrected chi connectivity index (χ3v) is 5.17. The summed E-state index contributed by atoms with van der Waals surface area (Å²) in [6.45, 7) is 3.85. The number of ether oxygens (including phenoxy) is 1. The molecule has 4 heterocycles. The summed E-state index contributed by atoms with van der Waals surface area (Å²) in [5.41, 5.74) is 8.79. The predicted octanol–water partition coefficient (Wildman–Crippen LogP) is 2.72. The van der Waals surface area contributed by atoms with Crippen molar-refractivity contribution in [2.75, 3.05) is 5.73 Å². The molecule has 4 rings (SSSR count). The minimum absolute atomic E-state index is 0.0720. The Kier molecular flexibility index (Phi) is 4.78. The van der Waals surface area contributed by atoms with Gasteiger partial charge in [0, 0.05) is 17.8 Å². The fraction of sp³-hybridized carbons (Fsp3) is 0.278. The maximum Gasteiger partial charge on any atom is 0.306 e. The molecule has 28 heavy (non-hydrogen) atoms. The Morgan fingerprint density at radius 2 is 2.18 bits per heavy atom. The molecule has 9 nitrogen and oxygen atoms in total. The topological polar surface area (TPSA) is 121 Å². The summed E-state index contributed by atoms with van der Waals surface area (Å²) in [6, 6.07) is 3.85. The first-order valence-electron chi connectivity index (χ1n) is 8.63. The predicted molar refractivity (Wildman–Crippen MR) is 103 cm³/mol. The highest BCUT2D eigenvalue weighted by Gasteiger charge is 2.15. The largest absolute Gasteiger partial charge is 0.459 e. The molecular weight excluding hydrogens is 380 g/mol. The lowest BCUT2D eigenvalue weighted by atomic mass is 10.1. The highest BCUT2D eigenvalue weighted by molar-refractivity contribution is 7.13. The second kappa shape index (κ2) is 7.39. The third-order valence-electron chi connectivity index (χ3n) is 4.31. The zero-order chi connectivity index (χ0) is 19.7. The van der Waals surface area contributed by atoms with E-state index in [1.165, 1.54) is 17.6 Å². The number of aromatic nitrogens is 5. The van der Waals surface area contributed by atoms with Crippen LogP contribution in [0.15, 0.2) is 28.2 Å². The van der Waals surface area contributed by atoms with Crippen molar-refractivity contribution >= 4 is 29.0 Å². The monoisotopic (exact) mass is 398 g/mol. The highest BCUT2D eigenvalue weighted by atomic mass is 32.1. The number of fused-ring (bicyclic) bond motifs is 1. The normalized spacial score (nSPS) is 11.2. The van der Waals surface area contributed by atoms with Gasteiger partial charge >= 0.3 is 5.97 Å². The molecule has 0 radical (unpaired) electrons. The molecule has 10 heteroatoms. The molecular formula is C18H18N6O3S. The number of nitrogens with zero attached hydrogens (tertiary/aromatic N) is 5. The van der Waals surface area contributed by atoms with Crippen LogP contribution in [0.2, 0.25) is 0 Å². The van der Waals surface area contributed by atoms with E-state index in [2.05, 4.69) is 20.1 Å².